The topological polar surface area (TPSA) is 82.8 Å². The number of thiocarbonyl (C=S) groups is 1. The Labute approximate surface area is 129 Å². The second-order valence-corrected chi connectivity index (χ2v) is 4.89. The van der Waals surface area contributed by atoms with E-state index in [9.17, 15) is 4.79 Å². The zero-order valence-corrected chi connectivity index (χ0v) is 13.4. The van der Waals surface area contributed by atoms with Crippen molar-refractivity contribution in [2.75, 3.05) is 27.9 Å². The van der Waals surface area contributed by atoms with E-state index in [1.165, 1.54) is 21.3 Å². The molecule has 0 aliphatic carbocycles. The molecule has 1 aromatic carbocycles. The van der Waals surface area contributed by atoms with Crippen LogP contribution in [0.25, 0.3) is 0 Å². The second kappa shape index (κ2) is 7.68. The molecule has 0 fully saturated rings. The van der Waals surface area contributed by atoms with Gasteiger partial charge in [-0.2, -0.15) is 0 Å². The Balaban J connectivity index is 2.99. The molecule has 0 saturated heterocycles. The number of hydrogen-bond donors (Lipinski definition) is 2. The van der Waals surface area contributed by atoms with Crippen molar-refractivity contribution >= 4 is 23.1 Å². The summed E-state index contributed by atoms with van der Waals surface area (Å²) >= 11 is 4.87. The number of carbonyl (C=O) groups is 1. The highest BCUT2D eigenvalue weighted by molar-refractivity contribution is 7.80. The summed E-state index contributed by atoms with van der Waals surface area (Å²) in [5.74, 6) is 0.951. The highest BCUT2D eigenvalue weighted by Gasteiger charge is 2.18. The molecule has 1 atom stereocenters. The number of carbonyl (C=O) groups excluding carboxylic acids is 1. The first-order chi connectivity index (χ1) is 9.94. The summed E-state index contributed by atoms with van der Waals surface area (Å²) in [5.41, 5.74) is 5.87. The molecule has 3 N–H and O–H groups in total. The van der Waals surface area contributed by atoms with Crippen molar-refractivity contribution in [1.82, 2.24) is 5.32 Å². The van der Waals surface area contributed by atoms with Gasteiger partial charge in [-0.25, -0.2) is 0 Å². The molecule has 0 heterocycles. The molecule has 1 amide bonds. The fourth-order valence-electron chi connectivity index (χ4n) is 1.65. The first kappa shape index (κ1) is 17.0. The molecule has 0 saturated carbocycles. The van der Waals surface area contributed by atoms with Crippen LogP contribution in [0.4, 0.5) is 0 Å². The lowest BCUT2D eigenvalue weighted by molar-refractivity contribution is 0.0948. The molecular formula is C14H20N2O4S. The summed E-state index contributed by atoms with van der Waals surface area (Å²) in [6.45, 7) is 2.19. The first-order valence-corrected chi connectivity index (χ1v) is 6.72. The Morgan fingerprint density at radius 3 is 2.19 bits per heavy atom. The van der Waals surface area contributed by atoms with Crippen molar-refractivity contribution in [2.45, 2.75) is 6.92 Å². The molecule has 116 valence electrons. The van der Waals surface area contributed by atoms with Gasteiger partial charge in [0, 0.05) is 24.6 Å². The summed E-state index contributed by atoms with van der Waals surface area (Å²) in [7, 11) is 4.50. The Morgan fingerprint density at radius 2 is 1.71 bits per heavy atom. The number of rotatable bonds is 7. The molecule has 21 heavy (non-hydrogen) atoms. The number of ether oxygens (including phenoxy) is 3. The van der Waals surface area contributed by atoms with Crippen LogP contribution in [-0.4, -0.2) is 38.8 Å². The monoisotopic (exact) mass is 312 g/mol. The van der Waals surface area contributed by atoms with E-state index in [1.807, 2.05) is 6.92 Å². The van der Waals surface area contributed by atoms with Crippen molar-refractivity contribution in [1.29, 1.82) is 0 Å². The Hall–Kier alpha value is -2.02. The smallest absolute Gasteiger partial charge is 0.255 e. The molecule has 0 radical (unpaired) electrons. The molecule has 0 bridgehead atoms. The van der Waals surface area contributed by atoms with Crippen molar-refractivity contribution in [3.8, 4) is 17.2 Å². The number of benzene rings is 1. The van der Waals surface area contributed by atoms with E-state index in [-0.39, 0.29) is 11.8 Å². The third kappa shape index (κ3) is 4.22. The normalized spacial score (nSPS) is 11.4. The van der Waals surface area contributed by atoms with Gasteiger partial charge in [-0.3, -0.25) is 4.79 Å². The number of amides is 1. The highest BCUT2D eigenvalue weighted by atomic mass is 32.1. The van der Waals surface area contributed by atoms with Crippen LogP contribution in [0.3, 0.4) is 0 Å². The number of nitrogens with two attached hydrogens (primary N) is 1. The number of hydrogen-bond acceptors (Lipinski definition) is 5. The lowest BCUT2D eigenvalue weighted by atomic mass is 10.1. The Bertz CT molecular complexity index is 534. The van der Waals surface area contributed by atoms with E-state index in [4.69, 9.17) is 32.2 Å². The molecule has 1 aromatic rings. The van der Waals surface area contributed by atoms with Gasteiger partial charge < -0.3 is 25.3 Å². The number of methoxy groups -OCH3 is 3. The van der Waals surface area contributed by atoms with Crippen molar-refractivity contribution in [3.63, 3.8) is 0 Å². The molecule has 0 aliphatic rings. The average molecular weight is 312 g/mol. The molecule has 0 spiro atoms. The van der Waals surface area contributed by atoms with E-state index in [0.29, 0.717) is 34.3 Å². The zero-order valence-electron chi connectivity index (χ0n) is 12.6. The van der Waals surface area contributed by atoms with Crippen LogP contribution < -0.4 is 25.3 Å². The van der Waals surface area contributed by atoms with E-state index in [2.05, 4.69) is 5.32 Å². The predicted octanol–water partition coefficient (Wildman–Crippen LogP) is 1.36. The van der Waals surface area contributed by atoms with Crippen LogP contribution in [-0.2, 0) is 0 Å². The molecule has 1 rings (SSSR count). The quantitative estimate of drug-likeness (QED) is 0.740. The Kier molecular flexibility index (Phi) is 6.23. The van der Waals surface area contributed by atoms with Crippen molar-refractivity contribution in [3.05, 3.63) is 17.7 Å². The average Bonchev–Trinajstić information content (AvgIpc) is 2.50. The lowest BCUT2D eigenvalue weighted by Crippen LogP contribution is -2.33. The van der Waals surface area contributed by atoms with Gasteiger partial charge in [0.1, 0.15) is 5.75 Å². The second-order valence-electron chi connectivity index (χ2n) is 4.42. The maximum atomic E-state index is 12.2. The third-order valence-corrected chi connectivity index (χ3v) is 3.41. The molecule has 0 aliphatic heterocycles. The van der Waals surface area contributed by atoms with Crippen LogP contribution in [0.1, 0.15) is 17.3 Å². The molecule has 6 nitrogen and oxygen atoms in total. The first-order valence-electron chi connectivity index (χ1n) is 6.32. The SMILES string of the molecule is COc1cc(OC)c(C(=O)NCC(C)C(N)=S)cc1OC. The summed E-state index contributed by atoms with van der Waals surface area (Å²) < 4.78 is 15.6. The van der Waals surface area contributed by atoms with E-state index in [1.54, 1.807) is 12.1 Å². The van der Waals surface area contributed by atoms with Crippen LogP contribution >= 0.6 is 12.2 Å². The lowest BCUT2D eigenvalue weighted by Gasteiger charge is -2.15. The largest absolute Gasteiger partial charge is 0.496 e. The maximum absolute atomic E-state index is 12.2. The maximum Gasteiger partial charge on any atom is 0.255 e. The van der Waals surface area contributed by atoms with Gasteiger partial charge in [0.2, 0.25) is 0 Å². The summed E-state index contributed by atoms with van der Waals surface area (Å²) in [6, 6.07) is 3.17. The van der Waals surface area contributed by atoms with Gasteiger partial charge in [-0.1, -0.05) is 19.1 Å². The van der Waals surface area contributed by atoms with E-state index >= 15 is 0 Å². The summed E-state index contributed by atoms with van der Waals surface area (Å²) in [6.07, 6.45) is 0. The minimum Gasteiger partial charge on any atom is -0.496 e. The standard InChI is InChI=1S/C14H20N2O4S/c1-8(13(15)21)7-16-14(17)9-5-11(19-3)12(20-4)6-10(9)18-2/h5-6,8H,7H2,1-4H3,(H2,15,21)(H,16,17). The van der Waals surface area contributed by atoms with Crippen LogP contribution in [0.5, 0.6) is 17.2 Å². The molecular weight excluding hydrogens is 292 g/mol. The number of nitrogens with one attached hydrogen (secondary N) is 1. The summed E-state index contributed by atoms with van der Waals surface area (Å²) in [4.78, 5) is 12.6. The minimum atomic E-state index is -0.295. The highest BCUT2D eigenvalue weighted by Crippen LogP contribution is 2.34. The van der Waals surface area contributed by atoms with Gasteiger partial charge in [0.15, 0.2) is 11.5 Å². The van der Waals surface area contributed by atoms with E-state index < -0.39 is 0 Å². The predicted molar refractivity (Wildman–Crippen MR) is 84.4 cm³/mol. The van der Waals surface area contributed by atoms with Gasteiger partial charge in [-0.05, 0) is 0 Å². The fraction of sp³-hybridized carbons (Fsp3) is 0.429. The van der Waals surface area contributed by atoms with Crippen LogP contribution in [0.15, 0.2) is 12.1 Å². The van der Waals surface area contributed by atoms with Gasteiger partial charge in [-0.15, -0.1) is 0 Å². The molecule has 0 aromatic heterocycles. The van der Waals surface area contributed by atoms with Gasteiger partial charge in [0.05, 0.1) is 31.9 Å². The Morgan fingerprint density at radius 1 is 1.19 bits per heavy atom. The van der Waals surface area contributed by atoms with Crippen molar-refractivity contribution in [2.24, 2.45) is 11.7 Å². The fourth-order valence-corrected chi connectivity index (χ4v) is 1.73. The molecule has 7 heteroatoms. The van der Waals surface area contributed by atoms with Gasteiger partial charge in [0.25, 0.3) is 5.91 Å². The third-order valence-electron chi connectivity index (χ3n) is 3.00. The zero-order chi connectivity index (χ0) is 16.0. The van der Waals surface area contributed by atoms with Crippen LogP contribution in [0.2, 0.25) is 0 Å². The minimum absolute atomic E-state index is 0.0879. The van der Waals surface area contributed by atoms with Crippen molar-refractivity contribution < 1.29 is 19.0 Å². The van der Waals surface area contributed by atoms with Crippen LogP contribution in [0, 0.1) is 5.92 Å². The molecule has 1 unspecified atom stereocenters. The summed E-state index contributed by atoms with van der Waals surface area (Å²) in [5, 5.41) is 2.76. The van der Waals surface area contributed by atoms with Gasteiger partial charge >= 0.3 is 0 Å². The van der Waals surface area contributed by atoms with E-state index in [0.717, 1.165) is 0 Å².